The fraction of sp³-hybridized carbons (Fsp3) is 1.00. The summed E-state index contributed by atoms with van der Waals surface area (Å²) in [5.41, 5.74) is 0.370. The van der Waals surface area contributed by atoms with Crippen LogP contribution in [0.25, 0.3) is 0 Å². The summed E-state index contributed by atoms with van der Waals surface area (Å²) in [6.45, 7) is 6.42. The minimum Gasteiger partial charge on any atom is -0.247 e. The molecule has 0 aromatic rings. The molecule has 72 valence electrons. The maximum atomic E-state index is 13.2. The topological polar surface area (TPSA) is 0 Å². The molecule has 0 aromatic heterocycles. The van der Waals surface area contributed by atoms with E-state index < -0.39 is 6.17 Å². The van der Waals surface area contributed by atoms with Gasteiger partial charge in [0.05, 0.1) is 0 Å². The number of hydrogen-bond acceptors (Lipinski definition) is 0. The highest BCUT2D eigenvalue weighted by atomic mass is 19.1. The van der Waals surface area contributed by atoms with Crippen LogP contribution in [0.2, 0.25) is 0 Å². The number of alkyl halides is 1. The summed E-state index contributed by atoms with van der Waals surface area (Å²) < 4.78 is 13.2. The lowest BCUT2D eigenvalue weighted by atomic mass is 9.57. The van der Waals surface area contributed by atoms with Crippen molar-refractivity contribution in [1.82, 2.24) is 0 Å². The molecule has 0 nitrogen and oxygen atoms in total. The van der Waals surface area contributed by atoms with Crippen LogP contribution < -0.4 is 0 Å². The predicted molar refractivity (Wildman–Crippen MR) is 50.9 cm³/mol. The van der Waals surface area contributed by atoms with Crippen LogP contribution in [-0.4, -0.2) is 6.17 Å². The highest BCUT2D eigenvalue weighted by molar-refractivity contribution is 4.93. The molecule has 3 atom stereocenters. The molecular weight excluding hydrogens is 151 g/mol. The summed E-state index contributed by atoms with van der Waals surface area (Å²) in [7, 11) is 0. The zero-order valence-electron chi connectivity index (χ0n) is 8.57. The first kappa shape index (κ1) is 10.0. The standard InChI is InChI=1S/C11H21F/c1-4-10(12)8-11(5-2)7-6-9(11)3/h9-10H,4-8H2,1-3H3/t9?,10-,11+/m0/s1. The molecule has 1 saturated carbocycles. The van der Waals surface area contributed by atoms with E-state index in [1.807, 2.05) is 6.92 Å². The van der Waals surface area contributed by atoms with Gasteiger partial charge in [0.25, 0.3) is 0 Å². The Morgan fingerprint density at radius 1 is 1.50 bits per heavy atom. The Balaban J connectivity index is 2.45. The van der Waals surface area contributed by atoms with Crippen molar-refractivity contribution >= 4 is 0 Å². The maximum absolute atomic E-state index is 13.2. The lowest BCUT2D eigenvalue weighted by Gasteiger charge is -2.48. The van der Waals surface area contributed by atoms with Gasteiger partial charge in [-0.15, -0.1) is 0 Å². The largest absolute Gasteiger partial charge is 0.247 e. The number of rotatable bonds is 4. The molecule has 0 amide bonds. The van der Waals surface area contributed by atoms with Crippen molar-refractivity contribution in [1.29, 1.82) is 0 Å². The Morgan fingerprint density at radius 2 is 2.17 bits per heavy atom. The average molecular weight is 172 g/mol. The van der Waals surface area contributed by atoms with Gasteiger partial charge in [-0.3, -0.25) is 0 Å². The van der Waals surface area contributed by atoms with Crippen molar-refractivity contribution in [3.63, 3.8) is 0 Å². The lowest BCUT2D eigenvalue weighted by Crippen LogP contribution is -2.39. The second-order valence-corrected chi connectivity index (χ2v) is 4.37. The van der Waals surface area contributed by atoms with Crippen LogP contribution in [0.1, 0.15) is 52.9 Å². The van der Waals surface area contributed by atoms with Crippen LogP contribution in [0.3, 0.4) is 0 Å². The Labute approximate surface area is 75.5 Å². The third-order valence-electron chi connectivity index (χ3n) is 3.90. The zero-order chi connectivity index (χ0) is 9.19. The van der Waals surface area contributed by atoms with Gasteiger partial charge >= 0.3 is 0 Å². The van der Waals surface area contributed by atoms with Gasteiger partial charge < -0.3 is 0 Å². The number of hydrogen-bond donors (Lipinski definition) is 0. The first-order valence-corrected chi connectivity index (χ1v) is 5.28. The maximum Gasteiger partial charge on any atom is 0.100 e. The monoisotopic (exact) mass is 172 g/mol. The number of halogens is 1. The molecule has 0 saturated heterocycles. The SMILES string of the molecule is CC[C@H](F)C[C@@]1(CC)CCC1C. The molecule has 0 bridgehead atoms. The molecule has 12 heavy (non-hydrogen) atoms. The van der Waals surface area contributed by atoms with Gasteiger partial charge in [0.1, 0.15) is 6.17 Å². The molecule has 1 aliphatic rings. The minimum absolute atomic E-state index is 0.370. The van der Waals surface area contributed by atoms with Gasteiger partial charge in [0.15, 0.2) is 0 Å². The van der Waals surface area contributed by atoms with E-state index in [1.54, 1.807) is 0 Å². The first-order valence-electron chi connectivity index (χ1n) is 5.28. The summed E-state index contributed by atoms with van der Waals surface area (Å²) >= 11 is 0. The van der Waals surface area contributed by atoms with Gasteiger partial charge in [-0.25, -0.2) is 4.39 Å². The van der Waals surface area contributed by atoms with Crippen molar-refractivity contribution in [2.75, 3.05) is 0 Å². The highest BCUT2D eigenvalue weighted by Crippen LogP contribution is 2.52. The van der Waals surface area contributed by atoms with Crippen molar-refractivity contribution in [3.8, 4) is 0 Å². The first-order chi connectivity index (χ1) is 5.64. The van der Waals surface area contributed by atoms with Crippen molar-refractivity contribution in [3.05, 3.63) is 0 Å². The second kappa shape index (κ2) is 3.76. The summed E-state index contributed by atoms with van der Waals surface area (Å²) in [4.78, 5) is 0. The summed E-state index contributed by atoms with van der Waals surface area (Å²) in [6, 6.07) is 0. The molecule has 0 N–H and O–H groups in total. The van der Waals surface area contributed by atoms with Crippen LogP contribution >= 0.6 is 0 Å². The zero-order valence-corrected chi connectivity index (χ0v) is 8.57. The normalized spacial score (nSPS) is 37.5. The van der Waals surface area contributed by atoms with E-state index >= 15 is 0 Å². The molecule has 0 heterocycles. The Kier molecular flexibility index (Phi) is 3.14. The third kappa shape index (κ3) is 1.65. The van der Waals surface area contributed by atoms with Crippen LogP contribution in [0.15, 0.2) is 0 Å². The van der Waals surface area contributed by atoms with Crippen LogP contribution in [-0.2, 0) is 0 Å². The summed E-state index contributed by atoms with van der Waals surface area (Å²) in [5.74, 6) is 0.757. The van der Waals surface area contributed by atoms with Gasteiger partial charge in [-0.05, 0) is 37.0 Å². The Hall–Kier alpha value is -0.0700. The van der Waals surface area contributed by atoms with E-state index in [0.29, 0.717) is 11.8 Å². The molecule has 0 aliphatic heterocycles. The molecule has 1 aliphatic carbocycles. The fourth-order valence-electron chi connectivity index (χ4n) is 2.40. The van der Waals surface area contributed by atoms with Gasteiger partial charge in [0, 0.05) is 0 Å². The molecule has 1 rings (SSSR count). The van der Waals surface area contributed by atoms with Gasteiger partial charge in [0.2, 0.25) is 0 Å². The third-order valence-corrected chi connectivity index (χ3v) is 3.90. The highest BCUT2D eigenvalue weighted by Gasteiger charge is 2.43. The molecule has 1 heteroatoms. The smallest absolute Gasteiger partial charge is 0.100 e. The summed E-state index contributed by atoms with van der Waals surface area (Å²) in [6.07, 6.45) is 4.66. The fourth-order valence-corrected chi connectivity index (χ4v) is 2.40. The van der Waals surface area contributed by atoms with E-state index in [2.05, 4.69) is 13.8 Å². The minimum atomic E-state index is -0.562. The quantitative estimate of drug-likeness (QED) is 0.602. The van der Waals surface area contributed by atoms with Crippen LogP contribution in [0.4, 0.5) is 4.39 Å². The lowest BCUT2D eigenvalue weighted by molar-refractivity contribution is 0.00344. The van der Waals surface area contributed by atoms with Gasteiger partial charge in [-0.1, -0.05) is 27.2 Å². The Morgan fingerprint density at radius 3 is 2.42 bits per heavy atom. The molecule has 0 radical (unpaired) electrons. The molecule has 0 aromatic carbocycles. The van der Waals surface area contributed by atoms with Gasteiger partial charge in [-0.2, -0.15) is 0 Å². The van der Waals surface area contributed by atoms with E-state index in [-0.39, 0.29) is 0 Å². The molecular formula is C11H21F. The average Bonchev–Trinajstić information content (AvgIpc) is 2.11. The molecule has 0 spiro atoms. The van der Waals surface area contributed by atoms with Crippen LogP contribution in [0.5, 0.6) is 0 Å². The van der Waals surface area contributed by atoms with E-state index in [0.717, 1.165) is 18.8 Å². The molecule has 1 unspecified atom stereocenters. The van der Waals surface area contributed by atoms with Crippen LogP contribution in [0, 0.1) is 11.3 Å². The Bertz CT molecular complexity index is 140. The van der Waals surface area contributed by atoms with Crippen molar-refractivity contribution < 1.29 is 4.39 Å². The van der Waals surface area contributed by atoms with Crippen molar-refractivity contribution in [2.45, 2.75) is 59.0 Å². The van der Waals surface area contributed by atoms with E-state index in [1.165, 1.54) is 12.8 Å². The van der Waals surface area contributed by atoms with Crippen molar-refractivity contribution in [2.24, 2.45) is 11.3 Å². The predicted octanol–water partition coefficient (Wildman–Crippen LogP) is 3.95. The van der Waals surface area contributed by atoms with E-state index in [4.69, 9.17) is 0 Å². The molecule has 1 fully saturated rings. The summed E-state index contributed by atoms with van der Waals surface area (Å²) in [5, 5.41) is 0. The van der Waals surface area contributed by atoms with E-state index in [9.17, 15) is 4.39 Å². The second-order valence-electron chi connectivity index (χ2n) is 4.37.